The molecular formula is C19H18N2O4S. The first-order valence-electron chi connectivity index (χ1n) is 8.34. The van der Waals surface area contributed by atoms with E-state index >= 15 is 0 Å². The van der Waals surface area contributed by atoms with Crippen LogP contribution in [0.4, 0.5) is 0 Å². The third-order valence-electron chi connectivity index (χ3n) is 4.22. The molecular weight excluding hydrogens is 352 g/mol. The van der Waals surface area contributed by atoms with E-state index in [1.807, 2.05) is 30.3 Å². The number of para-hydroxylation sites is 2. The van der Waals surface area contributed by atoms with Gasteiger partial charge in [-0.15, -0.1) is 0 Å². The van der Waals surface area contributed by atoms with Crippen molar-refractivity contribution in [3.05, 3.63) is 60.0 Å². The molecule has 1 saturated heterocycles. The predicted molar refractivity (Wildman–Crippen MR) is 99.0 cm³/mol. The molecule has 4 rings (SSSR count). The maximum atomic E-state index is 12.6. The van der Waals surface area contributed by atoms with Crippen LogP contribution in [0.1, 0.15) is 11.5 Å². The van der Waals surface area contributed by atoms with Crippen molar-refractivity contribution in [1.29, 1.82) is 0 Å². The lowest BCUT2D eigenvalue weighted by atomic mass is 10.2. The number of fused-ring (bicyclic) bond motifs is 1. The molecule has 0 aliphatic carbocycles. The molecule has 0 unspecified atom stereocenters. The molecule has 1 aliphatic heterocycles. The lowest BCUT2D eigenvalue weighted by Gasteiger charge is -2.26. The molecule has 1 aliphatic rings. The van der Waals surface area contributed by atoms with Gasteiger partial charge in [-0.25, -0.2) is 13.4 Å². The highest BCUT2D eigenvalue weighted by molar-refractivity contribution is 7.89. The van der Waals surface area contributed by atoms with E-state index in [1.165, 1.54) is 4.31 Å². The highest BCUT2D eigenvalue weighted by Crippen LogP contribution is 2.20. The van der Waals surface area contributed by atoms with E-state index in [0.29, 0.717) is 37.1 Å². The van der Waals surface area contributed by atoms with Crippen molar-refractivity contribution in [3.8, 4) is 0 Å². The Balaban J connectivity index is 1.52. The third kappa shape index (κ3) is 3.41. The first-order chi connectivity index (χ1) is 12.6. The van der Waals surface area contributed by atoms with Gasteiger partial charge in [-0.1, -0.05) is 24.3 Å². The van der Waals surface area contributed by atoms with Crippen LogP contribution in [0.2, 0.25) is 0 Å². The molecule has 0 N–H and O–H groups in total. The van der Waals surface area contributed by atoms with Crippen molar-refractivity contribution >= 4 is 33.3 Å². The summed E-state index contributed by atoms with van der Waals surface area (Å²) in [5.41, 5.74) is 2.41. The Morgan fingerprint density at radius 3 is 2.42 bits per heavy atom. The van der Waals surface area contributed by atoms with Gasteiger partial charge in [-0.3, -0.25) is 0 Å². The lowest BCUT2D eigenvalue weighted by molar-refractivity contribution is 0.0730. The van der Waals surface area contributed by atoms with E-state index < -0.39 is 10.0 Å². The summed E-state index contributed by atoms with van der Waals surface area (Å²) in [6.07, 6.45) is 3.61. The van der Waals surface area contributed by atoms with Crippen LogP contribution in [0.3, 0.4) is 0 Å². The molecule has 7 heteroatoms. The van der Waals surface area contributed by atoms with Gasteiger partial charge in [0, 0.05) is 19.2 Å². The second-order valence-electron chi connectivity index (χ2n) is 5.94. The number of hydrogen-bond donors (Lipinski definition) is 0. The first-order valence-corrected chi connectivity index (χ1v) is 9.78. The van der Waals surface area contributed by atoms with Crippen LogP contribution in [0.15, 0.2) is 57.8 Å². The molecule has 26 heavy (non-hydrogen) atoms. The Hall–Kier alpha value is -2.48. The fourth-order valence-electron chi connectivity index (χ4n) is 2.82. The average molecular weight is 370 g/mol. The summed E-state index contributed by atoms with van der Waals surface area (Å²) in [4.78, 5) is 4.67. The Bertz CT molecular complexity index is 1000. The third-order valence-corrected chi connectivity index (χ3v) is 6.13. The Morgan fingerprint density at radius 1 is 0.962 bits per heavy atom. The zero-order valence-electron chi connectivity index (χ0n) is 14.0. The van der Waals surface area contributed by atoms with Crippen LogP contribution >= 0.6 is 0 Å². The van der Waals surface area contributed by atoms with Gasteiger partial charge < -0.3 is 9.15 Å². The molecule has 134 valence electrons. The van der Waals surface area contributed by atoms with Gasteiger partial charge in [-0.2, -0.15) is 4.31 Å². The minimum Gasteiger partial charge on any atom is -0.437 e. The van der Waals surface area contributed by atoms with Crippen LogP contribution in [-0.4, -0.2) is 44.0 Å². The Labute approximate surface area is 151 Å². The summed E-state index contributed by atoms with van der Waals surface area (Å²) in [6.45, 7) is 1.65. The van der Waals surface area contributed by atoms with Crippen LogP contribution in [0.5, 0.6) is 0 Å². The van der Waals surface area contributed by atoms with Crippen LogP contribution in [0.25, 0.3) is 23.3 Å². The van der Waals surface area contributed by atoms with Crippen molar-refractivity contribution in [2.45, 2.75) is 4.90 Å². The second kappa shape index (κ2) is 7.03. The van der Waals surface area contributed by atoms with Gasteiger partial charge in [0.25, 0.3) is 0 Å². The maximum Gasteiger partial charge on any atom is 0.243 e. The molecule has 2 aromatic carbocycles. The predicted octanol–water partition coefficient (Wildman–Crippen LogP) is 3.02. The maximum absolute atomic E-state index is 12.6. The zero-order valence-corrected chi connectivity index (χ0v) is 14.9. The Kier molecular flexibility index (Phi) is 4.58. The normalized spacial score (nSPS) is 16.5. The molecule has 0 amide bonds. The van der Waals surface area contributed by atoms with Gasteiger partial charge in [0.05, 0.1) is 18.1 Å². The quantitative estimate of drug-likeness (QED) is 0.706. The molecule has 6 nitrogen and oxygen atoms in total. The zero-order chi connectivity index (χ0) is 18.0. The van der Waals surface area contributed by atoms with Crippen molar-refractivity contribution < 1.29 is 17.6 Å². The van der Waals surface area contributed by atoms with Crippen LogP contribution < -0.4 is 0 Å². The highest BCUT2D eigenvalue weighted by atomic mass is 32.2. The number of benzene rings is 2. The van der Waals surface area contributed by atoms with Gasteiger partial charge in [-0.05, 0) is 35.9 Å². The largest absolute Gasteiger partial charge is 0.437 e. The molecule has 0 spiro atoms. The average Bonchev–Trinajstić information content (AvgIpc) is 3.10. The van der Waals surface area contributed by atoms with E-state index in [4.69, 9.17) is 9.15 Å². The van der Waals surface area contributed by atoms with Gasteiger partial charge >= 0.3 is 0 Å². The Morgan fingerprint density at radius 2 is 1.69 bits per heavy atom. The summed E-state index contributed by atoms with van der Waals surface area (Å²) in [5.74, 6) is 0.510. The van der Waals surface area contributed by atoms with E-state index in [0.717, 1.165) is 16.7 Å². The second-order valence-corrected chi connectivity index (χ2v) is 7.88. The monoisotopic (exact) mass is 370 g/mol. The van der Waals surface area contributed by atoms with E-state index in [9.17, 15) is 8.42 Å². The summed E-state index contributed by atoms with van der Waals surface area (Å²) in [7, 11) is -3.46. The van der Waals surface area contributed by atoms with Crippen molar-refractivity contribution in [2.24, 2.45) is 0 Å². The van der Waals surface area contributed by atoms with E-state index in [1.54, 1.807) is 30.3 Å². The number of ether oxygens (including phenoxy) is 1. The number of hydrogen-bond acceptors (Lipinski definition) is 5. The van der Waals surface area contributed by atoms with Crippen LogP contribution in [0, 0.1) is 0 Å². The number of morpholine rings is 1. The molecule has 0 saturated carbocycles. The smallest absolute Gasteiger partial charge is 0.243 e. The topological polar surface area (TPSA) is 72.6 Å². The standard InChI is InChI=1S/C19H18N2O4S/c22-26(23,21-11-13-24-14-12-21)16-8-5-15(6-9-16)7-10-19-20-17-3-1-2-4-18(17)25-19/h1-10H,11-14H2. The fraction of sp³-hybridized carbons (Fsp3) is 0.211. The fourth-order valence-corrected chi connectivity index (χ4v) is 4.22. The highest BCUT2D eigenvalue weighted by Gasteiger charge is 2.25. The molecule has 0 radical (unpaired) electrons. The van der Waals surface area contributed by atoms with E-state index in [2.05, 4.69) is 4.98 Å². The molecule has 2 heterocycles. The minimum atomic E-state index is -3.46. The number of nitrogens with zero attached hydrogens (tertiary/aromatic N) is 2. The summed E-state index contributed by atoms with van der Waals surface area (Å²) in [5, 5.41) is 0. The van der Waals surface area contributed by atoms with E-state index in [-0.39, 0.29) is 0 Å². The molecule has 3 aromatic rings. The molecule has 0 atom stereocenters. The molecule has 1 aromatic heterocycles. The van der Waals surface area contributed by atoms with Crippen LogP contribution in [-0.2, 0) is 14.8 Å². The van der Waals surface area contributed by atoms with Crippen molar-refractivity contribution in [1.82, 2.24) is 9.29 Å². The lowest BCUT2D eigenvalue weighted by Crippen LogP contribution is -2.40. The van der Waals surface area contributed by atoms with Crippen molar-refractivity contribution in [3.63, 3.8) is 0 Å². The molecule has 0 bridgehead atoms. The summed E-state index contributed by atoms with van der Waals surface area (Å²) >= 11 is 0. The van der Waals surface area contributed by atoms with Gasteiger partial charge in [0.1, 0.15) is 5.52 Å². The number of oxazole rings is 1. The number of rotatable bonds is 4. The minimum absolute atomic E-state index is 0.290. The van der Waals surface area contributed by atoms with Crippen molar-refractivity contribution in [2.75, 3.05) is 26.3 Å². The SMILES string of the molecule is O=S(=O)(c1ccc(C=Cc2nc3ccccc3o2)cc1)N1CCOCC1. The molecule has 1 fully saturated rings. The summed E-state index contributed by atoms with van der Waals surface area (Å²) in [6, 6.07) is 14.3. The number of aromatic nitrogens is 1. The first kappa shape index (κ1) is 17.0. The van der Waals surface area contributed by atoms with Gasteiger partial charge in [0.2, 0.25) is 15.9 Å². The number of sulfonamides is 1. The van der Waals surface area contributed by atoms with Gasteiger partial charge in [0.15, 0.2) is 5.58 Å². The summed E-state index contributed by atoms with van der Waals surface area (Å²) < 4.78 is 37.5.